The van der Waals surface area contributed by atoms with Gasteiger partial charge in [0.1, 0.15) is 0 Å². The third-order valence-electron chi connectivity index (χ3n) is 8.53. The summed E-state index contributed by atoms with van der Waals surface area (Å²) in [6, 6.07) is 14.5. The Morgan fingerprint density at radius 2 is 1.79 bits per heavy atom. The fraction of sp³-hybridized carbons (Fsp3) is 0.433. The molecule has 4 heterocycles. The quantitative estimate of drug-likeness (QED) is 0.336. The molecule has 222 valence electrons. The van der Waals surface area contributed by atoms with Crippen LogP contribution in [-0.4, -0.2) is 87.1 Å². The Labute approximate surface area is 244 Å². The van der Waals surface area contributed by atoms with Gasteiger partial charge in [0.15, 0.2) is 9.84 Å². The maximum atomic E-state index is 12.6. The number of amides is 1. The van der Waals surface area contributed by atoms with Crippen LogP contribution in [0.2, 0.25) is 0 Å². The Morgan fingerprint density at radius 1 is 1.07 bits per heavy atom. The van der Waals surface area contributed by atoms with Crippen molar-refractivity contribution >= 4 is 26.8 Å². The summed E-state index contributed by atoms with van der Waals surface area (Å²) in [5.74, 6) is -0.00916. The molecule has 1 saturated heterocycles. The molecule has 1 fully saturated rings. The van der Waals surface area contributed by atoms with Gasteiger partial charge in [-0.2, -0.15) is 5.10 Å². The number of hydrogen-bond donors (Lipinski definition) is 2. The molecular weight excluding hydrogens is 556 g/mol. The smallest absolute Gasteiger partial charge is 0.326 e. The van der Waals surface area contributed by atoms with Crippen molar-refractivity contribution < 1.29 is 18.3 Å². The average Bonchev–Trinajstić information content (AvgIpc) is 3.49. The molecule has 4 aromatic rings. The van der Waals surface area contributed by atoms with Crippen LogP contribution in [0.25, 0.3) is 22.3 Å². The zero-order chi connectivity index (χ0) is 29.6. The second-order valence-corrected chi connectivity index (χ2v) is 13.5. The van der Waals surface area contributed by atoms with Crippen molar-refractivity contribution in [3.63, 3.8) is 0 Å². The number of fused-ring (bicyclic) bond motifs is 2. The van der Waals surface area contributed by atoms with Crippen molar-refractivity contribution in [1.29, 1.82) is 0 Å². The second kappa shape index (κ2) is 11.2. The summed E-state index contributed by atoms with van der Waals surface area (Å²) in [6.45, 7) is 4.90. The molecule has 2 aliphatic heterocycles. The number of piperidine rings is 1. The summed E-state index contributed by atoms with van der Waals surface area (Å²) in [7, 11) is -3.33. The molecule has 2 aromatic carbocycles. The van der Waals surface area contributed by atoms with E-state index in [0.29, 0.717) is 38.3 Å². The first kappa shape index (κ1) is 28.4. The Hall–Kier alpha value is -3.74. The summed E-state index contributed by atoms with van der Waals surface area (Å²) in [5, 5.41) is 16.0. The van der Waals surface area contributed by atoms with Gasteiger partial charge in [-0.05, 0) is 37.1 Å². The number of carbonyl (C=O) groups excluding carboxylic acids is 1. The van der Waals surface area contributed by atoms with Crippen molar-refractivity contribution in [3.8, 4) is 11.3 Å². The molecule has 2 N–H and O–H groups in total. The number of benzene rings is 2. The minimum atomic E-state index is -3.33. The van der Waals surface area contributed by atoms with Crippen LogP contribution in [0.4, 0.5) is 0 Å². The normalized spacial score (nSPS) is 17.5. The minimum Gasteiger partial charge on any atom is -0.390 e. The zero-order valence-electron chi connectivity index (χ0n) is 23.9. The van der Waals surface area contributed by atoms with Crippen LogP contribution in [0.1, 0.15) is 37.1 Å². The highest BCUT2D eigenvalue weighted by molar-refractivity contribution is 7.90. The van der Waals surface area contributed by atoms with Crippen LogP contribution >= 0.6 is 0 Å². The second-order valence-electron chi connectivity index (χ2n) is 11.4. The van der Waals surface area contributed by atoms with Gasteiger partial charge in [0.05, 0.1) is 34.3 Å². The monoisotopic (exact) mass is 592 g/mol. The van der Waals surface area contributed by atoms with Crippen LogP contribution in [0.15, 0.2) is 58.2 Å². The van der Waals surface area contributed by atoms with Gasteiger partial charge in [0.25, 0.3) is 0 Å². The predicted octanol–water partition coefficient (Wildman–Crippen LogP) is 2.20. The summed E-state index contributed by atoms with van der Waals surface area (Å²) in [5.41, 5.74) is 5.09. The number of aromatic amines is 1. The number of rotatable bonds is 7. The number of aliphatic hydroxyl groups is 1. The molecule has 1 atom stereocenters. The van der Waals surface area contributed by atoms with Gasteiger partial charge in [-0.15, -0.1) is 0 Å². The van der Waals surface area contributed by atoms with E-state index in [1.54, 1.807) is 36.1 Å². The number of sulfone groups is 1. The van der Waals surface area contributed by atoms with E-state index >= 15 is 0 Å². The van der Waals surface area contributed by atoms with Crippen LogP contribution in [0.5, 0.6) is 0 Å². The maximum Gasteiger partial charge on any atom is 0.326 e. The number of likely N-dealkylation sites (tertiary alicyclic amines) is 1. The Morgan fingerprint density at radius 3 is 2.48 bits per heavy atom. The lowest BCUT2D eigenvalue weighted by Gasteiger charge is -2.33. The Kier molecular flexibility index (Phi) is 7.54. The molecule has 2 aliphatic rings. The first-order valence-corrected chi connectivity index (χ1v) is 16.2. The lowest BCUT2D eigenvalue weighted by atomic mass is 10.0. The molecule has 0 aliphatic carbocycles. The summed E-state index contributed by atoms with van der Waals surface area (Å²) in [4.78, 5) is 32.0. The summed E-state index contributed by atoms with van der Waals surface area (Å²) >= 11 is 0. The molecule has 0 saturated carbocycles. The van der Waals surface area contributed by atoms with E-state index in [2.05, 4.69) is 9.88 Å². The topological polar surface area (TPSA) is 134 Å². The first-order valence-electron chi connectivity index (χ1n) is 14.3. The van der Waals surface area contributed by atoms with Crippen molar-refractivity contribution in [3.05, 3.63) is 70.3 Å². The van der Waals surface area contributed by atoms with Crippen molar-refractivity contribution in [2.24, 2.45) is 0 Å². The Balaban J connectivity index is 1.16. The number of H-pyrrole nitrogens is 1. The number of nitrogens with one attached hydrogen (secondary N) is 1. The lowest BCUT2D eigenvalue weighted by molar-refractivity contribution is -0.129. The molecule has 6 rings (SSSR count). The van der Waals surface area contributed by atoms with E-state index in [9.17, 15) is 23.1 Å². The van der Waals surface area contributed by atoms with Crippen molar-refractivity contribution in [2.45, 2.75) is 56.3 Å². The number of aromatic nitrogens is 4. The number of carbonyl (C=O) groups is 1. The highest BCUT2D eigenvalue weighted by Gasteiger charge is 2.29. The number of nitrogens with zero attached hydrogens (tertiary/aromatic N) is 5. The van der Waals surface area contributed by atoms with Gasteiger partial charge in [-0.1, -0.05) is 24.3 Å². The summed E-state index contributed by atoms with van der Waals surface area (Å²) in [6.07, 6.45) is 2.78. The van der Waals surface area contributed by atoms with Gasteiger partial charge in [-0.3, -0.25) is 14.0 Å². The molecule has 11 nitrogen and oxygen atoms in total. The van der Waals surface area contributed by atoms with Gasteiger partial charge in [0, 0.05) is 75.2 Å². The molecule has 1 unspecified atom stereocenters. The van der Waals surface area contributed by atoms with Gasteiger partial charge < -0.3 is 19.9 Å². The third kappa shape index (κ3) is 5.53. The molecule has 0 bridgehead atoms. The minimum absolute atomic E-state index is 0.00916. The number of imidazole rings is 1. The molecule has 12 heteroatoms. The fourth-order valence-corrected chi connectivity index (χ4v) is 6.99. The maximum absolute atomic E-state index is 12.6. The highest BCUT2D eigenvalue weighted by Crippen LogP contribution is 2.31. The summed E-state index contributed by atoms with van der Waals surface area (Å²) < 4.78 is 27.6. The SMILES string of the molecule is CC(=O)N1CCc2c(c(-c3ccc(S(C)(=O)=O)cc3)nn2CC(O)CN2CCC(n3c(=O)[nH]c4ccccc43)CC2)C1. The van der Waals surface area contributed by atoms with E-state index in [4.69, 9.17) is 5.10 Å². The number of para-hydroxylation sites is 2. The van der Waals surface area contributed by atoms with E-state index in [1.165, 1.54) is 6.26 Å². The molecular formula is C30H36N6O5S. The van der Waals surface area contributed by atoms with Crippen LogP contribution in [-0.2, 0) is 34.1 Å². The van der Waals surface area contributed by atoms with Crippen LogP contribution < -0.4 is 5.69 Å². The average molecular weight is 593 g/mol. The van der Waals surface area contributed by atoms with Crippen LogP contribution in [0.3, 0.4) is 0 Å². The van der Waals surface area contributed by atoms with Crippen molar-refractivity contribution in [1.82, 2.24) is 29.1 Å². The van der Waals surface area contributed by atoms with E-state index in [-0.39, 0.29) is 22.5 Å². The highest BCUT2D eigenvalue weighted by atomic mass is 32.2. The molecule has 42 heavy (non-hydrogen) atoms. The van der Waals surface area contributed by atoms with E-state index < -0.39 is 15.9 Å². The molecule has 0 spiro atoms. The van der Waals surface area contributed by atoms with E-state index in [0.717, 1.165) is 53.8 Å². The fourth-order valence-electron chi connectivity index (χ4n) is 6.35. The van der Waals surface area contributed by atoms with Crippen molar-refractivity contribution in [2.75, 3.05) is 32.4 Å². The van der Waals surface area contributed by atoms with Crippen LogP contribution in [0, 0.1) is 0 Å². The lowest BCUT2D eigenvalue weighted by Crippen LogP contribution is -2.42. The number of β-amino-alcohol motifs (C(OH)–C–C–N with tert-alkyl or cyclic N) is 1. The molecule has 1 amide bonds. The standard InChI is InChI=1S/C30H36N6O5S/c1-20(37)34-16-13-27-25(19-34)29(21-7-9-24(10-8-21)42(2,40)41)32-35(27)18-23(38)17-33-14-11-22(12-15-33)36-28-6-4-3-5-26(28)31-30(36)39/h3-10,22-23,38H,11-19H2,1-2H3,(H,31,39). The Bertz CT molecular complexity index is 1780. The van der Waals surface area contributed by atoms with Gasteiger partial charge in [0.2, 0.25) is 5.91 Å². The first-order chi connectivity index (χ1) is 20.1. The van der Waals surface area contributed by atoms with Gasteiger partial charge in [-0.25, -0.2) is 13.2 Å². The molecule has 0 radical (unpaired) electrons. The number of hydrogen-bond acceptors (Lipinski definition) is 7. The zero-order valence-corrected chi connectivity index (χ0v) is 24.7. The predicted molar refractivity (Wildman–Crippen MR) is 159 cm³/mol. The number of aliphatic hydroxyl groups excluding tert-OH is 1. The van der Waals surface area contributed by atoms with Gasteiger partial charge >= 0.3 is 5.69 Å². The largest absolute Gasteiger partial charge is 0.390 e. The van der Waals surface area contributed by atoms with E-state index in [1.807, 2.05) is 33.5 Å². The molecule has 2 aromatic heterocycles. The third-order valence-corrected chi connectivity index (χ3v) is 9.66.